The highest BCUT2D eigenvalue weighted by Gasteiger charge is 2.23. The van der Waals surface area contributed by atoms with Crippen LogP contribution in [-0.4, -0.2) is 34.0 Å². The van der Waals surface area contributed by atoms with Gasteiger partial charge in [0.15, 0.2) is 0 Å². The van der Waals surface area contributed by atoms with Gasteiger partial charge in [-0.3, -0.25) is 13.6 Å². The fourth-order valence-electron chi connectivity index (χ4n) is 0.661. The van der Waals surface area contributed by atoms with Crippen LogP contribution in [0.25, 0.3) is 0 Å². The predicted octanol–water partition coefficient (Wildman–Crippen LogP) is 3.78. The van der Waals surface area contributed by atoms with Crippen molar-refractivity contribution in [3.8, 4) is 0 Å². The van der Waals surface area contributed by atoms with E-state index in [9.17, 15) is 9.13 Å². The van der Waals surface area contributed by atoms with Gasteiger partial charge in [0.2, 0.25) is 0 Å². The fourth-order valence-corrected chi connectivity index (χ4v) is 1.98. The van der Waals surface area contributed by atoms with E-state index in [1.165, 1.54) is 14.2 Å². The van der Waals surface area contributed by atoms with Gasteiger partial charge in [0.1, 0.15) is 0 Å². The van der Waals surface area contributed by atoms with E-state index in [-0.39, 0.29) is 7.43 Å². The molecule has 0 saturated carbocycles. The van der Waals surface area contributed by atoms with Gasteiger partial charge >= 0.3 is 16.1 Å². The summed E-state index contributed by atoms with van der Waals surface area (Å²) in [6.45, 7) is 6.21. The molecule has 0 bridgehead atoms. The van der Waals surface area contributed by atoms with Crippen LogP contribution in [0.5, 0.6) is 0 Å². The van der Waals surface area contributed by atoms with Crippen LogP contribution in [0.3, 0.4) is 0 Å². The zero-order valence-corrected chi connectivity index (χ0v) is 12.7. The van der Waals surface area contributed by atoms with Crippen molar-refractivity contribution in [3.05, 3.63) is 0 Å². The lowest BCUT2D eigenvalue weighted by Gasteiger charge is -2.14. The topological polar surface area (TPSA) is 80.3 Å². The summed E-state index contributed by atoms with van der Waals surface area (Å²) in [5, 5.41) is 0. The van der Waals surface area contributed by atoms with Crippen LogP contribution >= 0.6 is 16.1 Å². The average Bonchev–Trinajstić information content (AvgIpc) is 2.29. The Balaban J connectivity index is -0.000000277. The van der Waals surface area contributed by atoms with Crippen LogP contribution in [0.2, 0.25) is 0 Å². The number of hydrogen-bond acceptors (Lipinski definition) is 7. The lowest BCUT2D eigenvalue weighted by molar-refractivity contribution is 0.126. The van der Waals surface area contributed by atoms with Gasteiger partial charge in [0.05, 0.1) is 34.0 Å². The van der Waals surface area contributed by atoms with Crippen molar-refractivity contribution in [3.63, 3.8) is 0 Å². The number of rotatable bonds is 8. The highest BCUT2D eigenvalue weighted by atomic mass is 31.2. The maximum absolute atomic E-state index is 11.3. The Bertz CT molecular complexity index is 205. The monoisotopic (exact) mass is 307 g/mol. The Morgan fingerprint density at radius 1 is 0.889 bits per heavy atom. The number of hydrogen-bond donors (Lipinski definition) is 0. The minimum Gasteiger partial charge on any atom is -0.287 e. The van der Waals surface area contributed by atoms with E-state index in [1.807, 2.05) is 0 Å². The molecule has 7 nitrogen and oxygen atoms in total. The van der Waals surface area contributed by atoms with Crippen molar-refractivity contribution in [1.82, 2.24) is 0 Å². The molecule has 0 atom stereocenters. The molecule has 112 valence electrons. The van der Waals surface area contributed by atoms with Crippen LogP contribution in [0, 0.1) is 0 Å². The SMILES string of the molecule is C.CCOP(=O)(OCC)OCC.CO[P+](=O)OC. The Kier molecular flexibility index (Phi) is 19.6. The smallest absolute Gasteiger partial charge is 0.287 e. The van der Waals surface area contributed by atoms with Crippen LogP contribution < -0.4 is 0 Å². The van der Waals surface area contributed by atoms with E-state index < -0.39 is 16.1 Å². The highest BCUT2D eigenvalue weighted by Crippen LogP contribution is 2.48. The molecule has 18 heavy (non-hydrogen) atoms. The largest absolute Gasteiger partial charge is 0.696 e. The van der Waals surface area contributed by atoms with Crippen molar-refractivity contribution in [2.45, 2.75) is 28.2 Å². The van der Waals surface area contributed by atoms with E-state index in [0.29, 0.717) is 19.8 Å². The second-order valence-corrected chi connectivity index (χ2v) is 5.14. The van der Waals surface area contributed by atoms with Gasteiger partial charge in [-0.05, 0) is 20.8 Å². The van der Waals surface area contributed by atoms with E-state index in [0.717, 1.165) is 0 Å². The summed E-state index contributed by atoms with van der Waals surface area (Å²) in [6.07, 6.45) is 0. The van der Waals surface area contributed by atoms with E-state index in [2.05, 4.69) is 9.05 Å². The van der Waals surface area contributed by atoms with Crippen molar-refractivity contribution >= 4 is 16.1 Å². The lowest BCUT2D eigenvalue weighted by atomic mass is 10.9. The van der Waals surface area contributed by atoms with E-state index in [4.69, 9.17) is 13.6 Å². The zero-order chi connectivity index (χ0) is 13.7. The summed E-state index contributed by atoms with van der Waals surface area (Å²) in [5.74, 6) is 0. The summed E-state index contributed by atoms with van der Waals surface area (Å²) in [4.78, 5) is 0. The van der Waals surface area contributed by atoms with Gasteiger partial charge < -0.3 is 0 Å². The Labute approximate surface area is 111 Å². The highest BCUT2D eigenvalue weighted by molar-refractivity contribution is 7.48. The molecule has 0 aromatic heterocycles. The molecule has 0 aromatic rings. The van der Waals surface area contributed by atoms with Crippen molar-refractivity contribution in [2.24, 2.45) is 0 Å². The van der Waals surface area contributed by atoms with Gasteiger partial charge in [-0.1, -0.05) is 7.43 Å². The molecule has 0 saturated heterocycles. The van der Waals surface area contributed by atoms with Gasteiger partial charge in [0.25, 0.3) is 0 Å². The third-order valence-corrected chi connectivity index (χ3v) is 3.48. The van der Waals surface area contributed by atoms with E-state index >= 15 is 0 Å². The Hall–Kier alpha value is 0.130. The van der Waals surface area contributed by atoms with Crippen LogP contribution in [-0.2, 0) is 31.7 Å². The van der Waals surface area contributed by atoms with Crippen LogP contribution in [0.1, 0.15) is 28.2 Å². The molecule has 0 aliphatic carbocycles. The predicted molar refractivity (Wildman–Crippen MR) is 70.8 cm³/mol. The third-order valence-electron chi connectivity index (χ3n) is 1.16. The summed E-state index contributed by atoms with van der Waals surface area (Å²) in [7, 11) is -2.40. The summed E-state index contributed by atoms with van der Waals surface area (Å²) >= 11 is 0. The van der Waals surface area contributed by atoms with Crippen LogP contribution in [0.15, 0.2) is 0 Å². The van der Waals surface area contributed by atoms with Crippen molar-refractivity contribution in [1.29, 1.82) is 0 Å². The van der Waals surface area contributed by atoms with Gasteiger partial charge in [-0.25, -0.2) is 4.57 Å². The molecule has 0 fully saturated rings. The summed E-state index contributed by atoms with van der Waals surface area (Å²) in [5.41, 5.74) is 0. The molecule has 0 aliphatic rings. The molecule has 9 heteroatoms. The molecule has 0 amide bonds. The van der Waals surface area contributed by atoms with Crippen molar-refractivity contribution < 1.29 is 31.7 Å². The molecular weight excluding hydrogens is 282 g/mol. The maximum atomic E-state index is 11.3. The standard InChI is InChI=1S/C6H15O4P.C2H6O3P.CH4/c1-4-8-11(7,9-5-2)10-6-3;1-4-6(3)5-2;/h4-6H2,1-3H3;1-2H3;1H4/q;+1;. The molecule has 0 spiro atoms. The second-order valence-electron chi connectivity index (χ2n) is 2.29. The minimum atomic E-state index is -3.22. The normalized spacial score (nSPS) is 10.1. The zero-order valence-electron chi connectivity index (χ0n) is 10.9. The molecule has 0 aliphatic heterocycles. The third kappa shape index (κ3) is 14.2. The molecule has 0 rings (SSSR count). The maximum Gasteiger partial charge on any atom is 0.696 e. The summed E-state index contributed by atoms with van der Waals surface area (Å²) in [6, 6.07) is 0. The second kappa shape index (κ2) is 15.2. The van der Waals surface area contributed by atoms with E-state index in [1.54, 1.807) is 20.8 Å². The Morgan fingerprint density at radius 3 is 1.28 bits per heavy atom. The molecule has 0 N–H and O–H groups in total. The lowest BCUT2D eigenvalue weighted by Crippen LogP contribution is -1.99. The quantitative estimate of drug-likeness (QED) is 0.631. The van der Waals surface area contributed by atoms with Crippen molar-refractivity contribution in [2.75, 3.05) is 34.0 Å². The first kappa shape index (κ1) is 23.2. The first-order chi connectivity index (χ1) is 7.99. The number of phosphoric ester groups is 1. The molecule has 0 aromatic carbocycles. The Morgan fingerprint density at radius 2 is 1.17 bits per heavy atom. The van der Waals surface area contributed by atoms with Gasteiger partial charge in [-0.2, -0.15) is 0 Å². The van der Waals surface area contributed by atoms with Crippen LogP contribution in [0.4, 0.5) is 0 Å². The van der Waals surface area contributed by atoms with Gasteiger partial charge in [-0.15, -0.1) is 9.05 Å². The minimum absolute atomic E-state index is 0. The molecule has 0 radical (unpaired) electrons. The average molecular weight is 307 g/mol. The molecular formula is C9H25O7P2+. The fraction of sp³-hybridized carbons (Fsp3) is 1.00. The molecule has 0 unspecified atom stereocenters. The number of phosphoric acid groups is 1. The first-order valence-corrected chi connectivity index (χ1v) is 7.64. The van der Waals surface area contributed by atoms with Gasteiger partial charge in [0, 0.05) is 4.57 Å². The summed E-state index contributed by atoms with van der Waals surface area (Å²) < 4.78 is 44.1. The first-order valence-electron chi connectivity index (χ1n) is 5.08. The molecule has 0 heterocycles.